The van der Waals surface area contributed by atoms with Crippen LogP contribution >= 0.6 is 11.6 Å². The maximum Gasteiger partial charge on any atom is 0.218 e. The lowest BCUT2D eigenvalue weighted by Crippen LogP contribution is -2.05. The molecule has 0 spiro atoms. The third-order valence-corrected chi connectivity index (χ3v) is 3.10. The van der Waals surface area contributed by atoms with Gasteiger partial charge >= 0.3 is 0 Å². The minimum Gasteiger partial charge on any atom is -0.485 e. The SMILES string of the molecule is CCOc1cc(Cl)nc(COc2ccccc2C(C)C)n1. The van der Waals surface area contributed by atoms with E-state index in [1.54, 1.807) is 6.07 Å². The average Bonchev–Trinajstić information content (AvgIpc) is 2.45. The van der Waals surface area contributed by atoms with Crippen molar-refractivity contribution in [3.63, 3.8) is 0 Å². The molecule has 0 bridgehead atoms. The van der Waals surface area contributed by atoms with Crippen LogP contribution in [0.25, 0.3) is 0 Å². The second-order valence-electron chi connectivity index (χ2n) is 4.86. The van der Waals surface area contributed by atoms with Crippen molar-refractivity contribution in [1.29, 1.82) is 0 Å². The van der Waals surface area contributed by atoms with Crippen molar-refractivity contribution in [2.24, 2.45) is 0 Å². The van der Waals surface area contributed by atoms with Gasteiger partial charge < -0.3 is 9.47 Å². The smallest absolute Gasteiger partial charge is 0.218 e. The Kier molecular flexibility index (Phi) is 5.39. The van der Waals surface area contributed by atoms with Crippen molar-refractivity contribution in [2.75, 3.05) is 6.61 Å². The zero-order valence-electron chi connectivity index (χ0n) is 12.5. The quantitative estimate of drug-likeness (QED) is 0.749. The zero-order valence-corrected chi connectivity index (χ0v) is 13.2. The fourth-order valence-corrected chi connectivity index (χ4v) is 2.15. The molecule has 0 aliphatic heterocycles. The number of rotatable bonds is 6. The summed E-state index contributed by atoms with van der Waals surface area (Å²) in [5.41, 5.74) is 1.16. The van der Waals surface area contributed by atoms with Gasteiger partial charge in [-0.15, -0.1) is 0 Å². The minimum atomic E-state index is 0.254. The predicted molar refractivity (Wildman–Crippen MR) is 83.1 cm³/mol. The average molecular weight is 307 g/mol. The highest BCUT2D eigenvalue weighted by molar-refractivity contribution is 6.29. The van der Waals surface area contributed by atoms with Crippen LogP contribution in [0.3, 0.4) is 0 Å². The van der Waals surface area contributed by atoms with E-state index in [2.05, 4.69) is 29.9 Å². The molecule has 0 unspecified atom stereocenters. The van der Waals surface area contributed by atoms with Crippen LogP contribution in [-0.4, -0.2) is 16.6 Å². The van der Waals surface area contributed by atoms with Crippen LogP contribution in [-0.2, 0) is 6.61 Å². The maximum atomic E-state index is 5.96. The van der Waals surface area contributed by atoms with Gasteiger partial charge in [-0.3, -0.25) is 0 Å². The second kappa shape index (κ2) is 7.27. The number of halogens is 1. The Morgan fingerprint density at radius 1 is 1.14 bits per heavy atom. The van der Waals surface area contributed by atoms with E-state index in [0.717, 1.165) is 11.3 Å². The maximum absolute atomic E-state index is 5.96. The monoisotopic (exact) mass is 306 g/mol. The molecule has 112 valence electrons. The van der Waals surface area contributed by atoms with Crippen LogP contribution in [0.5, 0.6) is 11.6 Å². The van der Waals surface area contributed by atoms with Gasteiger partial charge in [-0.25, -0.2) is 4.98 Å². The van der Waals surface area contributed by atoms with Gasteiger partial charge in [-0.1, -0.05) is 43.6 Å². The molecule has 5 heteroatoms. The van der Waals surface area contributed by atoms with E-state index in [9.17, 15) is 0 Å². The van der Waals surface area contributed by atoms with Crippen molar-refractivity contribution in [3.8, 4) is 11.6 Å². The van der Waals surface area contributed by atoms with Crippen molar-refractivity contribution in [2.45, 2.75) is 33.3 Å². The van der Waals surface area contributed by atoms with Crippen LogP contribution in [0.1, 0.15) is 38.1 Å². The summed E-state index contributed by atoms with van der Waals surface area (Å²) < 4.78 is 11.2. The standard InChI is InChI=1S/C16H19ClN2O2/c1-4-20-16-9-14(17)18-15(19-16)10-21-13-8-6-5-7-12(13)11(2)3/h5-9,11H,4,10H2,1-3H3. The Morgan fingerprint density at radius 3 is 2.62 bits per heavy atom. The topological polar surface area (TPSA) is 44.2 Å². The minimum absolute atomic E-state index is 0.254. The molecule has 0 radical (unpaired) electrons. The number of aromatic nitrogens is 2. The Labute approximate surface area is 130 Å². The Morgan fingerprint density at radius 2 is 1.90 bits per heavy atom. The summed E-state index contributed by atoms with van der Waals surface area (Å²) in [6, 6.07) is 9.56. The highest BCUT2D eigenvalue weighted by atomic mass is 35.5. The summed E-state index contributed by atoms with van der Waals surface area (Å²) in [5, 5.41) is 0.351. The van der Waals surface area contributed by atoms with Crippen LogP contribution in [0.4, 0.5) is 0 Å². The van der Waals surface area contributed by atoms with E-state index in [4.69, 9.17) is 21.1 Å². The number of para-hydroxylation sites is 1. The Balaban J connectivity index is 2.13. The van der Waals surface area contributed by atoms with Gasteiger partial charge in [-0.05, 0) is 24.5 Å². The molecular formula is C16H19ClN2O2. The zero-order chi connectivity index (χ0) is 15.2. The lowest BCUT2D eigenvalue weighted by atomic mass is 10.0. The predicted octanol–water partition coefficient (Wildman–Crippen LogP) is 4.23. The molecule has 0 saturated heterocycles. The molecule has 2 aromatic rings. The van der Waals surface area contributed by atoms with Gasteiger partial charge in [0.2, 0.25) is 5.88 Å². The van der Waals surface area contributed by atoms with Crippen LogP contribution in [0, 0.1) is 0 Å². The Bertz CT molecular complexity index is 603. The molecule has 0 fully saturated rings. The van der Waals surface area contributed by atoms with Crippen molar-refractivity contribution in [1.82, 2.24) is 9.97 Å². The number of hydrogen-bond acceptors (Lipinski definition) is 4. The fourth-order valence-electron chi connectivity index (χ4n) is 1.96. The first-order valence-corrected chi connectivity index (χ1v) is 7.36. The van der Waals surface area contributed by atoms with Crippen molar-refractivity contribution < 1.29 is 9.47 Å². The largest absolute Gasteiger partial charge is 0.485 e. The van der Waals surface area contributed by atoms with Crippen molar-refractivity contribution in [3.05, 3.63) is 46.9 Å². The number of ether oxygens (including phenoxy) is 2. The first-order valence-electron chi connectivity index (χ1n) is 6.98. The number of nitrogens with zero attached hydrogens (tertiary/aromatic N) is 2. The molecule has 0 N–H and O–H groups in total. The number of benzene rings is 1. The molecule has 21 heavy (non-hydrogen) atoms. The first-order chi connectivity index (χ1) is 10.1. The van der Waals surface area contributed by atoms with Crippen molar-refractivity contribution >= 4 is 11.6 Å². The molecule has 0 aliphatic rings. The highest BCUT2D eigenvalue weighted by Crippen LogP contribution is 2.26. The molecule has 1 aromatic carbocycles. The van der Waals surface area contributed by atoms with Crippen LogP contribution in [0.2, 0.25) is 5.15 Å². The highest BCUT2D eigenvalue weighted by Gasteiger charge is 2.09. The molecule has 0 saturated carbocycles. The Hall–Kier alpha value is -1.81. The molecule has 4 nitrogen and oxygen atoms in total. The lowest BCUT2D eigenvalue weighted by Gasteiger charge is -2.13. The summed E-state index contributed by atoms with van der Waals surface area (Å²) in [6.07, 6.45) is 0. The van der Waals surface area contributed by atoms with Gasteiger partial charge in [0.05, 0.1) is 6.61 Å². The third-order valence-electron chi connectivity index (χ3n) is 2.91. The van der Waals surface area contributed by atoms with Crippen LogP contribution < -0.4 is 9.47 Å². The molecule has 2 rings (SSSR count). The van der Waals surface area contributed by atoms with E-state index in [1.165, 1.54) is 0 Å². The normalized spacial score (nSPS) is 10.7. The molecule has 0 amide bonds. The number of hydrogen-bond donors (Lipinski definition) is 0. The summed E-state index contributed by atoms with van der Waals surface area (Å²) >= 11 is 5.96. The fraction of sp³-hybridized carbons (Fsp3) is 0.375. The summed E-state index contributed by atoms with van der Waals surface area (Å²) in [5.74, 6) is 2.20. The van der Waals surface area contributed by atoms with E-state index < -0.39 is 0 Å². The molecule has 1 heterocycles. The van der Waals surface area contributed by atoms with Crippen LogP contribution in [0.15, 0.2) is 30.3 Å². The van der Waals surface area contributed by atoms with Gasteiger partial charge in [0, 0.05) is 6.07 Å². The van der Waals surface area contributed by atoms with E-state index >= 15 is 0 Å². The summed E-state index contributed by atoms with van der Waals surface area (Å²) in [4.78, 5) is 8.43. The van der Waals surface area contributed by atoms with E-state index in [-0.39, 0.29) is 6.61 Å². The lowest BCUT2D eigenvalue weighted by molar-refractivity contribution is 0.283. The third kappa shape index (κ3) is 4.33. The van der Waals surface area contributed by atoms with Gasteiger partial charge in [0.1, 0.15) is 17.5 Å². The van der Waals surface area contributed by atoms with Gasteiger partial charge in [0.25, 0.3) is 0 Å². The van der Waals surface area contributed by atoms with E-state index in [0.29, 0.717) is 29.4 Å². The molecular weight excluding hydrogens is 288 g/mol. The van der Waals surface area contributed by atoms with Gasteiger partial charge in [0.15, 0.2) is 5.82 Å². The molecule has 1 aromatic heterocycles. The van der Waals surface area contributed by atoms with E-state index in [1.807, 2.05) is 25.1 Å². The molecule has 0 aliphatic carbocycles. The first kappa shape index (κ1) is 15.6. The molecule has 0 atom stereocenters. The summed E-state index contributed by atoms with van der Waals surface area (Å²) in [7, 11) is 0. The van der Waals surface area contributed by atoms with Gasteiger partial charge in [-0.2, -0.15) is 4.98 Å². The second-order valence-corrected chi connectivity index (χ2v) is 5.25. The summed E-state index contributed by atoms with van der Waals surface area (Å²) in [6.45, 7) is 6.94.